The van der Waals surface area contributed by atoms with Crippen LogP contribution in [0.5, 0.6) is 0 Å². The molecule has 29 heavy (non-hydrogen) atoms. The number of hydrogen-bond acceptors (Lipinski definition) is 6. The van der Waals surface area contributed by atoms with Gasteiger partial charge in [0.05, 0.1) is 24.0 Å². The van der Waals surface area contributed by atoms with Crippen LogP contribution in [-0.2, 0) is 4.74 Å². The second-order valence-corrected chi connectivity index (χ2v) is 7.67. The number of nitrogens with zero attached hydrogens (tertiary/aromatic N) is 4. The molecule has 1 aliphatic heterocycles. The summed E-state index contributed by atoms with van der Waals surface area (Å²) in [6.07, 6.45) is 5.27. The van der Waals surface area contributed by atoms with Crippen LogP contribution >= 0.6 is 15.9 Å². The average Bonchev–Trinajstić information content (AvgIpc) is 3.23. The van der Waals surface area contributed by atoms with Gasteiger partial charge in [0.25, 0.3) is 0 Å². The second-order valence-electron chi connectivity index (χ2n) is 6.75. The number of piperidine rings is 1. The highest BCUT2D eigenvalue weighted by Crippen LogP contribution is 2.35. The van der Waals surface area contributed by atoms with E-state index >= 15 is 0 Å². The first-order chi connectivity index (χ1) is 14.1. The van der Waals surface area contributed by atoms with Crippen LogP contribution in [0, 0.1) is 5.95 Å². The van der Waals surface area contributed by atoms with Crippen molar-refractivity contribution in [3.05, 3.63) is 59.6 Å². The molecule has 0 saturated carbocycles. The van der Waals surface area contributed by atoms with Crippen LogP contribution in [0.15, 0.2) is 58.1 Å². The van der Waals surface area contributed by atoms with Crippen LogP contribution < -0.4 is 4.90 Å². The van der Waals surface area contributed by atoms with Crippen LogP contribution in [0.4, 0.5) is 10.1 Å². The van der Waals surface area contributed by atoms with E-state index in [1.807, 2.05) is 12.1 Å². The molecule has 2 aromatic heterocycles. The first kappa shape index (κ1) is 19.7. The summed E-state index contributed by atoms with van der Waals surface area (Å²) in [5.41, 5.74) is 2.35. The molecule has 1 fully saturated rings. The zero-order valence-electron chi connectivity index (χ0n) is 15.7. The minimum absolute atomic E-state index is 0.247. The highest BCUT2D eigenvalue weighted by Gasteiger charge is 2.24. The zero-order valence-corrected chi connectivity index (χ0v) is 17.3. The molecule has 0 N–H and O–H groups in total. The molecule has 4 rings (SSSR count). The van der Waals surface area contributed by atoms with Gasteiger partial charge in [-0.2, -0.15) is 4.39 Å². The van der Waals surface area contributed by atoms with E-state index in [-0.39, 0.29) is 12.0 Å². The predicted octanol–water partition coefficient (Wildman–Crippen LogP) is 4.87. The van der Waals surface area contributed by atoms with Gasteiger partial charge in [0, 0.05) is 35.4 Å². The van der Waals surface area contributed by atoms with E-state index in [0.717, 1.165) is 41.7 Å². The van der Waals surface area contributed by atoms with Gasteiger partial charge >= 0.3 is 0 Å². The number of ether oxygens (including phenoxy) is 1. The lowest BCUT2D eigenvalue weighted by atomic mass is 10.0. The molecule has 0 unspecified atom stereocenters. The molecule has 8 heteroatoms. The molecule has 0 aliphatic carbocycles. The molecule has 0 bridgehead atoms. The Morgan fingerprint density at radius 1 is 1.21 bits per heavy atom. The smallest absolute Gasteiger partial charge is 0.250 e. The number of benzene rings is 1. The highest BCUT2D eigenvalue weighted by molar-refractivity contribution is 9.10. The summed E-state index contributed by atoms with van der Waals surface area (Å²) in [7, 11) is 0. The quantitative estimate of drug-likeness (QED) is 0.387. The van der Waals surface area contributed by atoms with Crippen molar-refractivity contribution in [1.82, 2.24) is 15.2 Å². The first-order valence-electron chi connectivity index (χ1n) is 9.37. The molecule has 3 heterocycles. The summed E-state index contributed by atoms with van der Waals surface area (Å²) in [5, 5.41) is 8.28. The number of pyridine rings is 1. The van der Waals surface area contributed by atoms with Crippen molar-refractivity contribution in [2.45, 2.75) is 18.9 Å². The molecule has 1 aromatic carbocycles. The van der Waals surface area contributed by atoms with Crippen LogP contribution in [0.3, 0.4) is 0 Å². The van der Waals surface area contributed by atoms with Crippen molar-refractivity contribution >= 4 is 21.6 Å². The van der Waals surface area contributed by atoms with Crippen molar-refractivity contribution in [2.75, 3.05) is 24.6 Å². The van der Waals surface area contributed by atoms with Gasteiger partial charge in [-0.05, 0) is 37.1 Å². The van der Waals surface area contributed by atoms with Gasteiger partial charge in [-0.1, -0.05) is 22.0 Å². The minimum atomic E-state index is -0.590. The third kappa shape index (κ3) is 4.54. The normalized spacial score (nSPS) is 14.9. The summed E-state index contributed by atoms with van der Waals surface area (Å²) < 4.78 is 26.0. The maximum Gasteiger partial charge on any atom is 0.250 e. The molecule has 150 valence electrons. The molecular weight excluding hydrogens is 439 g/mol. The molecule has 0 radical (unpaired) electrons. The van der Waals surface area contributed by atoms with Gasteiger partial charge in [0.15, 0.2) is 0 Å². The summed E-state index contributed by atoms with van der Waals surface area (Å²) in [5.74, 6) is 0.0598. The fraction of sp³-hybridized carbons (Fsp3) is 0.286. The monoisotopic (exact) mass is 458 g/mol. The van der Waals surface area contributed by atoms with E-state index in [4.69, 9.17) is 9.15 Å². The van der Waals surface area contributed by atoms with E-state index in [0.29, 0.717) is 18.1 Å². The Labute approximate surface area is 176 Å². The van der Waals surface area contributed by atoms with Crippen LogP contribution in [0.2, 0.25) is 0 Å². The van der Waals surface area contributed by atoms with Crippen molar-refractivity contribution < 1.29 is 13.5 Å². The third-order valence-corrected chi connectivity index (χ3v) is 5.31. The summed E-state index contributed by atoms with van der Waals surface area (Å²) in [6, 6.07) is 8.85. The fourth-order valence-electron chi connectivity index (χ4n) is 3.40. The van der Waals surface area contributed by atoms with E-state index in [1.54, 1.807) is 12.1 Å². The fourth-order valence-corrected chi connectivity index (χ4v) is 3.75. The standard InChI is InChI=1S/C21H20BrFN4O2/c1-2-11-28-16-6-9-27(10-7-16)18-13-15(22)3-4-17(18)21-26-25-20(29-21)14-5-8-24-19(23)12-14/h2-5,8,12-13,16H,1,6-7,9-11H2. The third-order valence-electron chi connectivity index (χ3n) is 4.82. The van der Waals surface area contributed by atoms with Crippen LogP contribution in [0.1, 0.15) is 12.8 Å². The topological polar surface area (TPSA) is 64.3 Å². The minimum Gasteiger partial charge on any atom is -0.416 e. The molecule has 3 aromatic rings. The Kier molecular flexibility index (Phi) is 6.01. The van der Waals surface area contributed by atoms with Crippen molar-refractivity contribution in [1.29, 1.82) is 0 Å². The molecule has 0 amide bonds. The Morgan fingerprint density at radius 2 is 2.00 bits per heavy atom. The van der Waals surface area contributed by atoms with Gasteiger partial charge < -0.3 is 14.1 Å². The van der Waals surface area contributed by atoms with E-state index < -0.39 is 5.95 Å². The molecular formula is C21H20BrFN4O2. The Balaban J connectivity index is 1.59. The van der Waals surface area contributed by atoms with Crippen molar-refractivity contribution in [2.24, 2.45) is 0 Å². The first-order valence-corrected chi connectivity index (χ1v) is 10.2. The van der Waals surface area contributed by atoms with Gasteiger partial charge in [0.2, 0.25) is 17.7 Å². The average molecular weight is 459 g/mol. The van der Waals surface area contributed by atoms with Gasteiger partial charge in [0.1, 0.15) is 0 Å². The van der Waals surface area contributed by atoms with E-state index in [2.05, 4.69) is 48.7 Å². The number of hydrogen-bond donors (Lipinski definition) is 0. The number of aromatic nitrogens is 3. The molecule has 1 saturated heterocycles. The van der Waals surface area contributed by atoms with Crippen molar-refractivity contribution in [3.63, 3.8) is 0 Å². The Morgan fingerprint density at radius 3 is 2.76 bits per heavy atom. The maximum absolute atomic E-state index is 13.4. The zero-order chi connectivity index (χ0) is 20.2. The maximum atomic E-state index is 13.4. The predicted molar refractivity (Wildman–Crippen MR) is 112 cm³/mol. The molecule has 1 aliphatic rings. The van der Waals surface area contributed by atoms with Gasteiger partial charge in [-0.25, -0.2) is 4.98 Å². The lowest BCUT2D eigenvalue weighted by Gasteiger charge is -2.34. The van der Waals surface area contributed by atoms with Gasteiger partial charge in [-0.15, -0.1) is 16.8 Å². The Bertz CT molecular complexity index is 1000. The van der Waals surface area contributed by atoms with Gasteiger partial charge in [-0.3, -0.25) is 0 Å². The van der Waals surface area contributed by atoms with Crippen LogP contribution in [0.25, 0.3) is 22.9 Å². The number of anilines is 1. The lowest BCUT2D eigenvalue weighted by molar-refractivity contribution is 0.0563. The highest BCUT2D eigenvalue weighted by atomic mass is 79.9. The second kappa shape index (κ2) is 8.84. The summed E-state index contributed by atoms with van der Waals surface area (Å²) in [4.78, 5) is 5.85. The molecule has 6 nitrogen and oxygen atoms in total. The number of halogens is 2. The number of rotatable bonds is 6. The van der Waals surface area contributed by atoms with Crippen LogP contribution in [-0.4, -0.2) is 41.0 Å². The summed E-state index contributed by atoms with van der Waals surface area (Å²) >= 11 is 3.55. The SMILES string of the molecule is C=CCOC1CCN(c2cc(Br)ccc2-c2nnc(-c3ccnc(F)c3)o2)CC1. The molecule has 0 spiro atoms. The van der Waals surface area contributed by atoms with E-state index in [1.165, 1.54) is 12.3 Å². The largest absolute Gasteiger partial charge is 0.416 e. The Hall–Kier alpha value is -2.58. The van der Waals surface area contributed by atoms with E-state index in [9.17, 15) is 4.39 Å². The molecule has 0 atom stereocenters. The van der Waals surface area contributed by atoms with Crippen molar-refractivity contribution in [3.8, 4) is 22.9 Å². The summed E-state index contributed by atoms with van der Waals surface area (Å²) in [6.45, 7) is 6.01. The lowest BCUT2D eigenvalue weighted by Crippen LogP contribution is -2.37.